The van der Waals surface area contributed by atoms with Gasteiger partial charge in [0.2, 0.25) is 0 Å². The van der Waals surface area contributed by atoms with Crippen LogP contribution >= 0.6 is 27.5 Å². The predicted molar refractivity (Wildman–Crippen MR) is 72.5 cm³/mol. The minimum absolute atomic E-state index is 0.418. The van der Waals surface area contributed by atoms with E-state index in [-0.39, 0.29) is 0 Å². The SMILES string of the molecule is NNC(c1cncc(F)c1)c1cc(Br)ccc1Cl. The molecule has 0 aliphatic rings. The summed E-state index contributed by atoms with van der Waals surface area (Å²) in [7, 11) is 0. The molecule has 0 saturated carbocycles. The van der Waals surface area contributed by atoms with Crippen LogP contribution in [0.4, 0.5) is 4.39 Å². The third kappa shape index (κ3) is 2.87. The number of aromatic nitrogens is 1. The fourth-order valence-electron chi connectivity index (χ4n) is 1.69. The average Bonchev–Trinajstić information content (AvgIpc) is 2.35. The molecule has 0 amide bonds. The van der Waals surface area contributed by atoms with Crippen molar-refractivity contribution >= 4 is 27.5 Å². The highest BCUT2D eigenvalue weighted by atomic mass is 79.9. The molecule has 1 aromatic carbocycles. The lowest BCUT2D eigenvalue weighted by molar-refractivity contribution is 0.598. The van der Waals surface area contributed by atoms with Crippen LogP contribution in [-0.4, -0.2) is 4.98 Å². The molecule has 0 saturated heterocycles. The van der Waals surface area contributed by atoms with E-state index in [0.29, 0.717) is 10.6 Å². The molecule has 1 aromatic heterocycles. The molecule has 3 N–H and O–H groups in total. The Morgan fingerprint density at radius 3 is 2.78 bits per heavy atom. The van der Waals surface area contributed by atoms with Crippen molar-refractivity contribution < 1.29 is 4.39 Å². The highest BCUT2D eigenvalue weighted by Gasteiger charge is 2.16. The molecule has 6 heteroatoms. The van der Waals surface area contributed by atoms with Gasteiger partial charge in [0, 0.05) is 15.7 Å². The van der Waals surface area contributed by atoms with Crippen molar-refractivity contribution in [2.24, 2.45) is 5.84 Å². The Morgan fingerprint density at radius 1 is 1.33 bits per heavy atom. The largest absolute Gasteiger partial charge is 0.271 e. The molecule has 1 atom stereocenters. The highest BCUT2D eigenvalue weighted by molar-refractivity contribution is 9.10. The lowest BCUT2D eigenvalue weighted by atomic mass is 10.0. The molecule has 0 fully saturated rings. The van der Waals surface area contributed by atoms with Crippen molar-refractivity contribution in [1.29, 1.82) is 0 Å². The molecule has 0 aliphatic heterocycles. The van der Waals surface area contributed by atoms with Gasteiger partial charge in [-0.1, -0.05) is 27.5 Å². The van der Waals surface area contributed by atoms with Crippen molar-refractivity contribution in [2.45, 2.75) is 6.04 Å². The van der Waals surface area contributed by atoms with Crippen LogP contribution in [0.5, 0.6) is 0 Å². The van der Waals surface area contributed by atoms with Gasteiger partial charge in [-0.05, 0) is 35.4 Å². The monoisotopic (exact) mass is 329 g/mol. The second kappa shape index (κ2) is 5.75. The molecular weight excluding hydrogens is 321 g/mol. The van der Waals surface area contributed by atoms with Crippen LogP contribution in [0.3, 0.4) is 0 Å². The Kier molecular flexibility index (Phi) is 4.29. The highest BCUT2D eigenvalue weighted by Crippen LogP contribution is 2.30. The van der Waals surface area contributed by atoms with Crippen molar-refractivity contribution in [3.05, 3.63) is 63.1 Å². The lowest BCUT2D eigenvalue weighted by Gasteiger charge is -2.18. The minimum atomic E-state index is -0.418. The molecule has 0 radical (unpaired) electrons. The number of nitrogens with zero attached hydrogens (tertiary/aromatic N) is 1. The van der Waals surface area contributed by atoms with Crippen LogP contribution in [0.15, 0.2) is 41.1 Å². The molecule has 0 aliphatic carbocycles. The lowest BCUT2D eigenvalue weighted by Crippen LogP contribution is -2.29. The Hall–Kier alpha value is -1.01. The predicted octanol–water partition coefficient (Wildman–Crippen LogP) is 3.19. The summed E-state index contributed by atoms with van der Waals surface area (Å²) in [6, 6.07) is 6.35. The fourth-order valence-corrected chi connectivity index (χ4v) is 2.29. The average molecular weight is 331 g/mol. The summed E-state index contributed by atoms with van der Waals surface area (Å²) in [5.41, 5.74) is 3.98. The number of nitrogens with one attached hydrogen (secondary N) is 1. The van der Waals surface area contributed by atoms with Crippen molar-refractivity contribution in [3.63, 3.8) is 0 Å². The number of nitrogens with two attached hydrogens (primary N) is 1. The van der Waals surface area contributed by atoms with E-state index in [1.807, 2.05) is 12.1 Å². The van der Waals surface area contributed by atoms with Gasteiger partial charge in [0.05, 0.1) is 12.2 Å². The van der Waals surface area contributed by atoms with E-state index in [9.17, 15) is 4.39 Å². The van der Waals surface area contributed by atoms with Crippen LogP contribution in [0.25, 0.3) is 0 Å². The van der Waals surface area contributed by atoms with Crippen LogP contribution in [0, 0.1) is 5.82 Å². The van der Waals surface area contributed by atoms with Gasteiger partial charge in [-0.3, -0.25) is 10.8 Å². The first-order valence-corrected chi connectivity index (χ1v) is 6.30. The third-order valence-corrected chi connectivity index (χ3v) is 3.33. The number of hydrogen-bond acceptors (Lipinski definition) is 3. The van der Waals surface area contributed by atoms with E-state index in [0.717, 1.165) is 16.2 Å². The summed E-state index contributed by atoms with van der Waals surface area (Å²) < 4.78 is 14.1. The first-order chi connectivity index (χ1) is 8.61. The molecular formula is C12H10BrClFN3. The van der Waals surface area contributed by atoms with Gasteiger partial charge in [-0.15, -0.1) is 0 Å². The first-order valence-electron chi connectivity index (χ1n) is 5.13. The van der Waals surface area contributed by atoms with Crippen LogP contribution in [0.1, 0.15) is 17.2 Å². The second-order valence-electron chi connectivity index (χ2n) is 3.70. The van der Waals surface area contributed by atoms with E-state index in [1.54, 1.807) is 12.3 Å². The Labute approximate surface area is 117 Å². The summed E-state index contributed by atoms with van der Waals surface area (Å²) in [5.74, 6) is 5.11. The molecule has 18 heavy (non-hydrogen) atoms. The molecule has 94 valence electrons. The second-order valence-corrected chi connectivity index (χ2v) is 5.02. The molecule has 3 nitrogen and oxygen atoms in total. The molecule has 1 unspecified atom stereocenters. The van der Waals surface area contributed by atoms with Crippen molar-refractivity contribution in [2.75, 3.05) is 0 Å². The van der Waals surface area contributed by atoms with Crippen LogP contribution in [-0.2, 0) is 0 Å². The van der Waals surface area contributed by atoms with Crippen molar-refractivity contribution in [3.8, 4) is 0 Å². The van der Waals surface area contributed by atoms with E-state index in [1.165, 1.54) is 6.07 Å². The van der Waals surface area contributed by atoms with Gasteiger partial charge in [-0.25, -0.2) is 9.82 Å². The molecule has 2 rings (SSSR count). The topological polar surface area (TPSA) is 50.9 Å². The van der Waals surface area contributed by atoms with E-state index in [2.05, 4.69) is 26.3 Å². The fraction of sp³-hybridized carbons (Fsp3) is 0.0833. The smallest absolute Gasteiger partial charge is 0.141 e. The summed E-state index contributed by atoms with van der Waals surface area (Å²) in [4.78, 5) is 3.81. The molecule has 0 spiro atoms. The van der Waals surface area contributed by atoms with Gasteiger partial charge in [0.15, 0.2) is 0 Å². The Balaban J connectivity index is 2.48. The zero-order valence-corrected chi connectivity index (χ0v) is 11.5. The minimum Gasteiger partial charge on any atom is -0.271 e. The van der Waals surface area contributed by atoms with Gasteiger partial charge in [0.1, 0.15) is 5.82 Å². The van der Waals surface area contributed by atoms with Crippen molar-refractivity contribution in [1.82, 2.24) is 10.4 Å². The number of halogens is 3. The Bertz CT molecular complexity index is 565. The van der Waals surface area contributed by atoms with Crippen LogP contribution < -0.4 is 11.3 Å². The third-order valence-electron chi connectivity index (χ3n) is 2.50. The quantitative estimate of drug-likeness (QED) is 0.671. The standard InChI is InChI=1S/C12H10BrClFN3/c13-8-1-2-11(14)10(4-8)12(18-16)7-3-9(15)6-17-5-7/h1-6,12,18H,16H2. The molecule has 0 bridgehead atoms. The normalized spacial score (nSPS) is 12.4. The van der Waals surface area contributed by atoms with Gasteiger partial charge in [-0.2, -0.15) is 0 Å². The maximum Gasteiger partial charge on any atom is 0.141 e. The summed E-state index contributed by atoms with van der Waals surface area (Å²) >= 11 is 9.49. The Morgan fingerprint density at radius 2 is 2.11 bits per heavy atom. The van der Waals surface area contributed by atoms with Gasteiger partial charge in [0.25, 0.3) is 0 Å². The summed E-state index contributed by atoms with van der Waals surface area (Å²) in [5, 5.41) is 0.547. The number of hydrogen-bond donors (Lipinski definition) is 2. The summed E-state index contributed by atoms with van der Waals surface area (Å²) in [6.45, 7) is 0. The number of rotatable bonds is 3. The number of hydrazine groups is 1. The van der Waals surface area contributed by atoms with E-state index in [4.69, 9.17) is 17.4 Å². The zero-order chi connectivity index (χ0) is 13.1. The van der Waals surface area contributed by atoms with Crippen LogP contribution in [0.2, 0.25) is 5.02 Å². The maximum atomic E-state index is 13.2. The van der Waals surface area contributed by atoms with E-state index >= 15 is 0 Å². The van der Waals surface area contributed by atoms with Gasteiger partial charge < -0.3 is 0 Å². The summed E-state index contributed by atoms with van der Waals surface area (Å²) in [6.07, 6.45) is 2.68. The maximum absolute atomic E-state index is 13.2. The number of pyridine rings is 1. The van der Waals surface area contributed by atoms with E-state index < -0.39 is 11.9 Å². The molecule has 1 heterocycles. The van der Waals surface area contributed by atoms with Gasteiger partial charge >= 0.3 is 0 Å². The first kappa shape index (κ1) is 13.4. The molecule has 2 aromatic rings. The zero-order valence-electron chi connectivity index (χ0n) is 9.20. The number of benzene rings is 1.